The lowest BCUT2D eigenvalue weighted by atomic mass is 10.1. The van der Waals surface area contributed by atoms with Gasteiger partial charge < -0.3 is 9.84 Å². The summed E-state index contributed by atoms with van der Waals surface area (Å²) in [5, 5.41) is 9.08. The van der Waals surface area contributed by atoms with Crippen LogP contribution in [0, 0.1) is 13.8 Å². The fourth-order valence-corrected chi connectivity index (χ4v) is 3.68. The quantitative estimate of drug-likeness (QED) is 0.788. The van der Waals surface area contributed by atoms with Crippen LogP contribution in [0.1, 0.15) is 27.9 Å². The SMILES string of the molecule is Cc1cc(C)c(S(=O)(=O)NC2CCOC2=O)cc1C(=O)O. The van der Waals surface area contributed by atoms with E-state index in [0.29, 0.717) is 11.1 Å². The Kier molecular flexibility index (Phi) is 4.02. The van der Waals surface area contributed by atoms with Crippen molar-refractivity contribution in [3.63, 3.8) is 0 Å². The van der Waals surface area contributed by atoms with Gasteiger partial charge in [0, 0.05) is 6.42 Å². The summed E-state index contributed by atoms with van der Waals surface area (Å²) in [5.74, 6) is -1.83. The monoisotopic (exact) mass is 313 g/mol. The summed E-state index contributed by atoms with van der Waals surface area (Å²) in [5.41, 5.74) is 0.797. The molecule has 8 heteroatoms. The van der Waals surface area contributed by atoms with E-state index < -0.39 is 28.0 Å². The maximum Gasteiger partial charge on any atom is 0.335 e. The van der Waals surface area contributed by atoms with Gasteiger partial charge in [-0.3, -0.25) is 4.79 Å². The summed E-state index contributed by atoms with van der Waals surface area (Å²) in [4.78, 5) is 22.3. The molecule has 114 valence electrons. The molecule has 0 amide bonds. The van der Waals surface area contributed by atoms with E-state index in [-0.39, 0.29) is 23.5 Å². The van der Waals surface area contributed by atoms with Crippen molar-refractivity contribution in [1.82, 2.24) is 4.72 Å². The molecule has 0 bridgehead atoms. The van der Waals surface area contributed by atoms with E-state index in [1.165, 1.54) is 6.07 Å². The number of hydrogen-bond donors (Lipinski definition) is 2. The number of aromatic carboxylic acids is 1. The van der Waals surface area contributed by atoms with Gasteiger partial charge in [-0.05, 0) is 31.0 Å². The van der Waals surface area contributed by atoms with Crippen LogP contribution < -0.4 is 4.72 Å². The maximum atomic E-state index is 12.3. The van der Waals surface area contributed by atoms with Crippen molar-refractivity contribution < 1.29 is 27.9 Å². The number of carbonyl (C=O) groups excluding carboxylic acids is 1. The van der Waals surface area contributed by atoms with E-state index in [2.05, 4.69) is 4.72 Å². The molecule has 0 saturated carbocycles. The summed E-state index contributed by atoms with van der Waals surface area (Å²) in [6, 6.07) is 1.67. The zero-order chi connectivity index (χ0) is 15.8. The van der Waals surface area contributed by atoms with Crippen molar-refractivity contribution >= 4 is 22.0 Å². The maximum absolute atomic E-state index is 12.3. The zero-order valence-electron chi connectivity index (χ0n) is 11.5. The number of sulfonamides is 1. The molecule has 0 aromatic heterocycles. The number of nitrogens with one attached hydrogen (secondary N) is 1. The lowest BCUT2D eigenvalue weighted by molar-refractivity contribution is -0.139. The van der Waals surface area contributed by atoms with E-state index in [9.17, 15) is 18.0 Å². The molecule has 0 spiro atoms. The second-order valence-electron chi connectivity index (χ2n) is 4.87. The topological polar surface area (TPSA) is 110 Å². The van der Waals surface area contributed by atoms with Crippen molar-refractivity contribution in [2.75, 3.05) is 6.61 Å². The minimum atomic E-state index is -3.99. The molecule has 7 nitrogen and oxygen atoms in total. The number of aryl methyl sites for hydroxylation is 2. The largest absolute Gasteiger partial charge is 0.478 e. The minimum absolute atomic E-state index is 0.0880. The molecule has 0 radical (unpaired) electrons. The predicted molar refractivity (Wildman–Crippen MR) is 72.6 cm³/mol. The molecule has 1 aliphatic heterocycles. The van der Waals surface area contributed by atoms with E-state index in [1.54, 1.807) is 13.8 Å². The Bertz CT molecular complexity index is 710. The number of hydrogen-bond acceptors (Lipinski definition) is 5. The smallest absolute Gasteiger partial charge is 0.335 e. The van der Waals surface area contributed by atoms with Crippen LogP contribution in [0.25, 0.3) is 0 Å². The number of benzene rings is 1. The van der Waals surface area contributed by atoms with Crippen LogP contribution in [-0.2, 0) is 19.6 Å². The summed E-state index contributed by atoms with van der Waals surface area (Å²) in [7, 11) is -3.99. The molecular formula is C13H15NO6S. The first-order valence-electron chi connectivity index (χ1n) is 6.26. The number of esters is 1. The molecule has 1 aromatic rings. The van der Waals surface area contributed by atoms with Crippen molar-refractivity contribution in [3.8, 4) is 0 Å². The second kappa shape index (κ2) is 5.45. The molecule has 1 fully saturated rings. The standard InChI is InChI=1S/C13H15NO6S/c1-7-5-8(2)11(6-9(7)12(15)16)21(18,19)14-10-3-4-20-13(10)17/h5-6,10,14H,3-4H2,1-2H3,(H,15,16). The molecule has 0 aliphatic carbocycles. The van der Waals surface area contributed by atoms with Gasteiger partial charge in [-0.2, -0.15) is 4.72 Å². The predicted octanol–water partition coefficient (Wildman–Crippen LogP) is 0.595. The molecule has 1 aliphatic rings. The van der Waals surface area contributed by atoms with Crippen LogP contribution in [0.5, 0.6) is 0 Å². The molecule has 2 rings (SSSR count). The lowest BCUT2D eigenvalue weighted by Gasteiger charge is -2.13. The lowest BCUT2D eigenvalue weighted by Crippen LogP contribution is -2.38. The Hall–Kier alpha value is -1.93. The first-order valence-corrected chi connectivity index (χ1v) is 7.74. The van der Waals surface area contributed by atoms with Gasteiger partial charge >= 0.3 is 11.9 Å². The number of carboxylic acids is 1. The third kappa shape index (κ3) is 3.06. The van der Waals surface area contributed by atoms with Gasteiger partial charge in [0.15, 0.2) is 0 Å². The zero-order valence-corrected chi connectivity index (χ0v) is 12.4. The number of cyclic esters (lactones) is 1. The Morgan fingerprint density at radius 2 is 2.00 bits per heavy atom. The van der Waals surface area contributed by atoms with Crippen LogP contribution in [0.4, 0.5) is 0 Å². The highest BCUT2D eigenvalue weighted by molar-refractivity contribution is 7.89. The van der Waals surface area contributed by atoms with Crippen LogP contribution in [-0.4, -0.2) is 38.1 Å². The third-order valence-electron chi connectivity index (χ3n) is 3.27. The fourth-order valence-electron chi connectivity index (χ4n) is 2.21. The first-order chi connectivity index (χ1) is 9.72. The number of ether oxygens (including phenoxy) is 1. The van der Waals surface area contributed by atoms with Gasteiger partial charge in [0.05, 0.1) is 17.1 Å². The van der Waals surface area contributed by atoms with Crippen LogP contribution >= 0.6 is 0 Å². The van der Waals surface area contributed by atoms with E-state index in [1.807, 2.05) is 0 Å². The molecule has 1 saturated heterocycles. The number of rotatable bonds is 4. The summed E-state index contributed by atoms with van der Waals surface area (Å²) >= 11 is 0. The Morgan fingerprint density at radius 1 is 1.33 bits per heavy atom. The first kappa shape index (κ1) is 15.5. The van der Waals surface area contributed by atoms with Gasteiger partial charge in [0.1, 0.15) is 6.04 Å². The molecule has 1 aromatic carbocycles. The molecular weight excluding hydrogens is 298 g/mol. The van der Waals surface area contributed by atoms with Gasteiger partial charge in [0.2, 0.25) is 10.0 Å². The molecule has 1 unspecified atom stereocenters. The summed E-state index contributed by atoms with van der Waals surface area (Å²) in [6.45, 7) is 3.33. The van der Waals surface area contributed by atoms with E-state index in [4.69, 9.17) is 9.84 Å². The van der Waals surface area contributed by atoms with E-state index >= 15 is 0 Å². The van der Waals surface area contributed by atoms with Crippen LogP contribution in [0.3, 0.4) is 0 Å². The Balaban J connectivity index is 2.42. The molecule has 21 heavy (non-hydrogen) atoms. The highest BCUT2D eigenvalue weighted by atomic mass is 32.2. The highest BCUT2D eigenvalue weighted by Gasteiger charge is 2.32. The number of carboxylic acid groups (broad SMARTS) is 1. The number of carbonyl (C=O) groups is 2. The Labute approximate surface area is 122 Å². The molecule has 2 N–H and O–H groups in total. The van der Waals surface area contributed by atoms with Crippen molar-refractivity contribution in [1.29, 1.82) is 0 Å². The summed E-state index contributed by atoms with van der Waals surface area (Å²) in [6.07, 6.45) is 0.259. The van der Waals surface area contributed by atoms with Gasteiger partial charge in [-0.1, -0.05) is 6.07 Å². The van der Waals surface area contributed by atoms with Crippen LogP contribution in [0.15, 0.2) is 17.0 Å². The van der Waals surface area contributed by atoms with Crippen molar-refractivity contribution in [2.45, 2.75) is 31.2 Å². The highest BCUT2D eigenvalue weighted by Crippen LogP contribution is 2.22. The average Bonchev–Trinajstić information content (AvgIpc) is 2.73. The average molecular weight is 313 g/mol. The molecule has 1 heterocycles. The third-order valence-corrected chi connectivity index (χ3v) is 4.89. The van der Waals surface area contributed by atoms with Crippen molar-refractivity contribution in [3.05, 3.63) is 28.8 Å². The van der Waals surface area contributed by atoms with Gasteiger partial charge in [-0.25, -0.2) is 13.2 Å². The summed E-state index contributed by atoms with van der Waals surface area (Å²) < 4.78 is 31.6. The van der Waals surface area contributed by atoms with Gasteiger partial charge in [-0.15, -0.1) is 0 Å². The normalized spacial score (nSPS) is 18.6. The Morgan fingerprint density at radius 3 is 2.52 bits per heavy atom. The molecule has 1 atom stereocenters. The van der Waals surface area contributed by atoms with Crippen LogP contribution in [0.2, 0.25) is 0 Å². The second-order valence-corrected chi connectivity index (χ2v) is 6.55. The van der Waals surface area contributed by atoms with Crippen molar-refractivity contribution in [2.24, 2.45) is 0 Å². The van der Waals surface area contributed by atoms with E-state index in [0.717, 1.165) is 6.07 Å². The van der Waals surface area contributed by atoms with Gasteiger partial charge in [0.25, 0.3) is 0 Å². The fraction of sp³-hybridized carbons (Fsp3) is 0.385. The minimum Gasteiger partial charge on any atom is -0.478 e.